The lowest BCUT2D eigenvalue weighted by Crippen LogP contribution is -2.49. The Morgan fingerprint density at radius 3 is 2.55 bits per heavy atom. The fourth-order valence-corrected chi connectivity index (χ4v) is 4.61. The molecule has 1 saturated heterocycles. The van der Waals surface area contributed by atoms with Gasteiger partial charge < -0.3 is 10.2 Å². The van der Waals surface area contributed by atoms with Gasteiger partial charge in [-0.25, -0.2) is 8.78 Å². The number of hydrogen-bond donors (Lipinski definition) is 1. The molecule has 0 spiro atoms. The van der Waals surface area contributed by atoms with Crippen molar-refractivity contribution in [1.82, 2.24) is 10.2 Å². The lowest BCUT2D eigenvalue weighted by molar-refractivity contribution is -0.139. The van der Waals surface area contributed by atoms with E-state index >= 15 is 0 Å². The van der Waals surface area contributed by atoms with Crippen LogP contribution in [-0.4, -0.2) is 28.5 Å². The van der Waals surface area contributed by atoms with Gasteiger partial charge in [0.2, 0.25) is 11.8 Å². The van der Waals surface area contributed by atoms with Gasteiger partial charge in [-0.15, -0.1) is 11.8 Å². The quantitative estimate of drug-likeness (QED) is 0.731. The van der Waals surface area contributed by atoms with Gasteiger partial charge in [-0.3, -0.25) is 9.59 Å². The monoisotopic (exact) mass is 418 g/mol. The standard InChI is InChI=1S/C22H24F2N2O2S/c1-14(2)10-19(21(28)25-12-15-6-8-17(23)9-7-15)26-20(27)13-29-22(26)16-4-3-5-18(24)11-16/h3-9,11,14,19,22H,10,12-13H2,1-2H3,(H,25,28)/t19-,22+/m0/s1. The summed E-state index contributed by atoms with van der Waals surface area (Å²) >= 11 is 1.40. The molecule has 0 aliphatic carbocycles. The molecule has 7 heteroatoms. The highest BCUT2D eigenvalue weighted by Crippen LogP contribution is 2.41. The van der Waals surface area contributed by atoms with Crippen LogP contribution in [0.25, 0.3) is 0 Å². The van der Waals surface area contributed by atoms with E-state index in [-0.39, 0.29) is 41.7 Å². The first-order chi connectivity index (χ1) is 13.8. The average molecular weight is 419 g/mol. The molecule has 2 aromatic carbocycles. The van der Waals surface area contributed by atoms with Gasteiger partial charge in [-0.1, -0.05) is 38.1 Å². The predicted molar refractivity (Wildman–Crippen MR) is 110 cm³/mol. The molecule has 1 fully saturated rings. The third-order valence-corrected chi connectivity index (χ3v) is 5.98. The molecule has 1 N–H and O–H groups in total. The van der Waals surface area contributed by atoms with Crippen molar-refractivity contribution in [3.63, 3.8) is 0 Å². The summed E-state index contributed by atoms with van der Waals surface area (Å²) in [5.41, 5.74) is 1.44. The van der Waals surface area contributed by atoms with E-state index in [9.17, 15) is 18.4 Å². The van der Waals surface area contributed by atoms with Crippen LogP contribution in [0.3, 0.4) is 0 Å². The molecule has 4 nitrogen and oxygen atoms in total. The second-order valence-electron chi connectivity index (χ2n) is 7.51. The number of hydrogen-bond acceptors (Lipinski definition) is 3. The Morgan fingerprint density at radius 1 is 1.17 bits per heavy atom. The Kier molecular flexibility index (Phi) is 6.90. The smallest absolute Gasteiger partial charge is 0.243 e. The molecule has 3 rings (SSSR count). The van der Waals surface area contributed by atoms with Crippen molar-refractivity contribution in [2.75, 3.05) is 5.75 Å². The Balaban J connectivity index is 1.80. The SMILES string of the molecule is CC(C)C[C@@H](C(=O)NCc1ccc(F)cc1)N1C(=O)CS[C@@H]1c1cccc(F)c1. The highest BCUT2D eigenvalue weighted by Gasteiger charge is 2.41. The Labute approximate surface area is 173 Å². The summed E-state index contributed by atoms with van der Waals surface area (Å²) in [7, 11) is 0. The zero-order valence-electron chi connectivity index (χ0n) is 16.4. The first-order valence-corrected chi connectivity index (χ1v) is 10.6. The lowest BCUT2D eigenvalue weighted by atomic mass is 10.0. The molecule has 0 aromatic heterocycles. The van der Waals surface area contributed by atoms with Crippen LogP contribution in [0.4, 0.5) is 8.78 Å². The van der Waals surface area contributed by atoms with E-state index in [4.69, 9.17) is 0 Å². The number of nitrogens with zero attached hydrogens (tertiary/aromatic N) is 1. The Hall–Kier alpha value is -2.41. The molecule has 2 aromatic rings. The van der Waals surface area contributed by atoms with E-state index in [2.05, 4.69) is 5.32 Å². The molecule has 1 heterocycles. The molecule has 154 valence electrons. The highest BCUT2D eigenvalue weighted by molar-refractivity contribution is 8.00. The fourth-order valence-electron chi connectivity index (χ4n) is 3.39. The van der Waals surface area contributed by atoms with Crippen molar-refractivity contribution >= 4 is 23.6 Å². The number of benzene rings is 2. The fraction of sp³-hybridized carbons (Fsp3) is 0.364. The molecule has 0 saturated carbocycles. The van der Waals surface area contributed by atoms with Gasteiger partial charge in [0.25, 0.3) is 0 Å². The van der Waals surface area contributed by atoms with Gasteiger partial charge in [0.1, 0.15) is 23.1 Å². The van der Waals surface area contributed by atoms with Crippen molar-refractivity contribution in [1.29, 1.82) is 0 Å². The van der Waals surface area contributed by atoms with Crippen LogP contribution in [-0.2, 0) is 16.1 Å². The summed E-state index contributed by atoms with van der Waals surface area (Å²) in [6.45, 7) is 4.23. The van der Waals surface area contributed by atoms with Crippen molar-refractivity contribution in [3.8, 4) is 0 Å². The van der Waals surface area contributed by atoms with Crippen molar-refractivity contribution < 1.29 is 18.4 Å². The average Bonchev–Trinajstić information content (AvgIpc) is 3.06. The lowest BCUT2D eigenvalue weighted by Gasteiger charge is -2.33. The zero-order valence-corrected chi connectivity index (χ0v) is 17.2. The number of rotatable bonds is 7. The number of nitrogens with one attached hydrogen (secondary N) is 1. The summed E-state index contributed by atoms with van der Waals surface area (Å²) in [4.78, 5) is 27.3. The summed E-state index contributed by atoms with van der Waals surface area (Å²) in [6, 6.07) is 11.4. The van der Waals surface area contributed by atoms with Gasteiger partial charge in [-0.2, -0.15) is 0 Å². The van der Waals surface area contributed by atoms with E-state index < -0.39 is 11.4 Å². The van der Waals surface area contributed by atoms with E-state index in [0.717, 1.165) is 5.56 Å². The third-order valence-electron chi connectivity index (χ3n) is 4.75. The first kappa shape index (κ1) is 21.3. The Morgan fingerprint density at radius 2 is 1.90 bits per heavy atom. The maximum Gasteiger partial charge on any atom is 0.243 e. The van der Waals surface area contributed by atoms with Gasteiger partial charge >= 0.3 is 0 Å². The molecule has 1 aliphatic heterocycles. The molecule has 1 aliphatic rings. The van der Waals surface area contributed by atoms with Crippen LogP contribution >= 0.6 is 11.8 Å². The number of halogens is 2. The molecular weight excluding hydrogens is 394 g/mol. The maximum absolute atomic E-state index is 13.7. The van der Waals surface area contributed by atoms with Crippen LogP contribution in [0.2, 0.25) is 0 Å². The third kappa shape index (κ3) is 5.35. The van der Waals surface area contributed by atoms with Crippen molar-refractivity contribution in [2.45, 2.75) is 38.2 Å². The van der Waals surface area contributed by atoms with Gasteiger partial charge in [0, 0.05) is 6.54 Å². The second kappa shape index (κ2) is 9.39. The first-order valence-electron chi connectivity index (χ1n) is 9.55. The predicted octanol–water partition coefficient (Wildman–Crippen LogP) is 4.27. The van der Waals surface area contributed by atoms with Gasteiger partial charge in [0.15, 0.2) is 0 Å². The van der Waals surface area contributed by atoms with Gasteiger partial charge in [-0.05, 0) is 47.7 Å². The summed E-state index contributed by atoms with van der Waals surface area (Å²) in [6.07, 6.45) is 0.493. The molecule has 0 radical (unpaired) electrons. The minimum atomic E-state index is -0.661. The molecule has 2 amide bonds. The molecule has 0 unspecified atom stereocenters. The van der Waals surface area contributed by atoms with Crippen LogP contribution in [0, 0.1) is 17.6 Å². The highest BCUT2D eigenvalue weighted by atomic mass is 32.2. The van der Waals surface area contributed by atoms with Crippen molar-refractivity contribution in [2.24, 2.45) is 5.92 Å². The summed E-state index contributed by atoms with van der Waals surface area (Å²) in [5, 5.41) is 2.46. The zero-order chi connectivity index (χ0) is 21.0. The van der Waals surface area contributed by atoms with Crippen LogP contribution < -0.4 is 5.32 Å². The van der Waals surface area contributed by atoms with E-state index in [0.29, 0.717) is 12.0 Å². The minimum Gasteiger partial charge on any atom is -0.350 e. The molecule has 2 atom stereocenters. The number of carbonyl (C=O) groups excluding carboxylic acids is 2. The van der Waals surface area contributed by atoms with Gasteiger partial charge in [0.05, 0.1) is 5.75 Å². The largest absolute Gasteiger partial charge is 0.350 e. The number of carbonyl (C=O) groups is 2. The molecule has 0 bridgehead atoms. The van der Waals surface area contributed by atoms with E-state index in [1.807, 2.05) is 13.8 Å². The van der Waals surface area contributed by atoms with E-state index in [1.54, 1.807) is 29.2 Å². The topological polar surface area (TPSA) is 49.4 Å². The summed E-state index contributed by atoms with van der Waals surface area (Å²) in [5.74, 6) is -0.671. The van der Waals surface area contributed by atoms with Crippen LogP contribution in [0.5, 0.6) is 0 Å². The number of thioether (sulfide) groups is 1. The minimum absolute atomic E-state index is 0.133. The van der Waals surface area contributed by atoms with Crippen molar-refractivity contribution in [3.05, 3.63) is 71.3 Å². The number of amides is 2. The normalized spacial score (nSPS) is 17.6. The Bertz CT molecular complexity index is 873. The second-order valence-corrected chi connectivity index (χ2v) is 8.58. The molecular formula is C22H24F2N2O2S. The summed E-state index contributed by atoms with van der Waals surface area (Å²) < 4.78 is 26.8. The maximum atomic E-state index is 13.7. The van der Waals surface area contributed by atoms with Crippen LogP contribution in [0.1, 0.15) is 36.8 Å². The van der Waals surface area contributed by atoms with E-state index in [1.165, 1.54) is 36.0 Å². The van der Waals surface area contributed by atoms with Crippen LogP contribution in [0.15, 0.2) is 48.5 Å². The molecule has 29 heavy (non-hydrogen) atoms.